The minimum absolute atomic E-state index is 0.0312. The predicted octanol–water partition coefficient (Wildman–Crippen LogP) is 0.562. The number of hydrogen-bond acceptors (Lipinski definition) is 16. The minimum atomic E-state index is -1.02. The van der Waals surface area contributed by atoms with E-state index in [-0.39, 0.29) is 48.9 Å². The fourth-order valence-corrected chi connectivity index (χ4v) is 8.09. The van der Waals surface area contributed by atoms with E-state index >= 15 is 0 Å². The van der Waals surface area contributed by atoms with Gasteiger partial charge >= 0.3 is 0 Å². The van der Waals surface area contributed by atoms with Crippen LogP contribution >= 0.6 is 0 Å². The SMILES string of the molecule is CN[C@@H](C)C(=O)N[C@H](C(=O)N1CCC[C@H]1Cn1nnnc1NCc1ccccc1)[C@@H](C)OCCO[C@H](C)[C@H](NC(=O)[C@H](C)NC)C(=O)N1CCC[C@H]1Cn1nnnc1NCc1ccccc1. The summed E-state index contributed by atoms with van der Waals surface area (Å²) in [6.07, 6.45) is 1.46. The van der Waals surface area contributed by atoms with Gasteiger partial charge < -0.3 is 51.2 Å². The largest absolute Gasteiger partial charge is 0.373 e. The van der Waals surface area contributed by atoms with Crippen molar-refractivity contribution in [2.45, 2.75) is 128 Å². The highest BCUT2D eigenvalue weighted by atomic mass is 16.5. The van der Waals surface area contributed by atoms with Crippen molar-refractivity contribution in [3.8, 4) is 0 Å². The molecule has 4 amide bonds. The number of ether oxygens (including phenoxy) is 2. The van der Waals surface area contributed by atoms with E-state index in [1.807, 2.05) is 60.7 Å². The molecule has 0 spiro atoms. The van der Waals surface area contributed by atoms with Crippen LogP contribution in [-0.2, 0) is 54.8 Å². The maximum Gasteiger partial charge on any atom is 0.248 e. The lowest BCUT2D eigenvalue weighted by atomic mass is 10.1. The van der Waals surface area contributed by atoms with E-state index in [9.17, 15) is 19.2 Å². The van der Waals surface area contributed by atoms with E-state index < -0.39 is 36.4 Å². The van der Waals surface area contributed by atoms with Gasteiger partial charge in [-0.25, -0.2) is 9.36 Å². The third kappa shape index (κ3) is 13.3. The van der Waals surface area contributed by atoms with E-state index in [2.05, 4.69) is 63.0 Å². The van der Waals surface area contributed by atoms with Gasteiger partial charge in [-0.15, -0.1) is 0 Å². The number of anilines is 2. The monoisotopic (exact) mass is 915 g/mol. The molecule has 0 saturated carbocycles. The molecule has 0 radical (unpaired) electrons. The molecule has 66 heavy (non-hydrogen) atoms. The molecule has 2 aromatic carbocycles. The van der Waals surface area contributed by atoms with Crippen molar-refractivity contribution >= 4 is 35.5 Å². The Balaban J connectivity index is 1.07. The molecule has 4 heterocycles. The summed E-state index contributed by atoms with van der Waals surface area (Å²) < 4.78 is 15.8. The van der Waals surface area contributed by atoms with Crippen LogP contribution in [0.4, 0.5) is 11.9 Å². The summed E-state index contributed by atoms with van der Waals surface area (Å²) in [5, 5.41) is 42.8. The van der Waals surface area contributed by atoms with Crippen LogP contribution in [0, 0.1) is 0 Å². The summed E-state index contributed by atoms with van der Waals surface area (Å²) in [6.45, 7) is 9.72. The van der Waals surface area contributed by atoms with E-state index in [0.717, 1.165) is 36.8 Å². The number of carbonyl (C=O) groups excluding carboxylic acids is 4. The zero-order valence-corrected chi connectivity index (χ0v) is 38.8. The molecule has 2 aromatic heterocycles. The van der Waals surface area contributed by atoms with Crippen molar-refractivity contribution in [2.75, 3.05) is 51.0 Å². The zero-order chi connectivity index (χ0) is 47.0. The molecule has 6 N–H and O–H groups in total. The highest BCUT2D eigenvalue weighted by Crippen LogP contribution is 2.24. The van der Waals surface area contributed by atoms with Crippen molar-refractivity contribution in [1.82, 2.24) is 71.5 Å². The molecular formula is C44H66N16O6. The highest BCUT2D eigenvalue weighted by molar-refractivity contribution is 5.91. The number of nitrogens with zero attached hydrogens (tertiary/aromatic N) is 10. The van der Waals surface area contributed by atoms with Crippen molar-refractivity contribution < 1.29 is 28.7 Å². The van der Waals surface area contributed by atoms with Crippen LogP contribution in [-0.4, -0.2) is 163 Å². The maximum absolute atomic E-state index is 14.4. The van der Waals surface area contributed by atoms with E-state index in [0.29, 0.717) is 51.2 Å². The Morgan fingerprint density at radius 2 is 1.02 bits per heavy atom. The second-order valence-electron chi connectivity index (χ2n) is 16.8. The summed E-state index contributed by atoms with van der Waals surface area (Å²) in [4.78, 5) is 58.9. The number of likely N-dealkylation sites (N-methyl/N-ethyl adjacent to an activating group) is 2. The van der Waals surface area contributed by atoms with Crippen LogP contribution < -0.4 is 31.9 Å². The number of aromatic nitrogens is 8. The first-order valence-electron chi connectivity index (χ1n) is 22.8. The Labute approximate surface area is 385 Å². The lowest BCUT2D eigenvalue weighted by Gasteiger charge is -2.33. The van der Waals surface area contributed by atoms with Crippen LogP contribution in [0.2, 0.25) is 0 Å². The first-order chi connectivity index (χ1) is 32.0. The fraction of sp³-hybridized carbons (Fsp3) is 0.591. The van der Waals surface area contributed by atoms with Crippen molar-refractivity contribution in [3.05, 3.63) is 71.8 Å². The van der Waals surface area contributed by atoms with Gasteiger partial charge in [0, 0.05) is 26.2 Å². The van der Waals surface area contributed by atoms with Gasteiger partial charge in [0.25, 0.3) is 0 Å². The van der Waals surface area contributed by atoms with Crippen molar-refractivity contribution in [2.24, 2.45) is 0 Å². The van der Waals surface area contributed by atoms with Crippen LogP contribution in [0.5, 0.6) is 0 Å². The van der Waals surface area contributed by atoms with Crippen molar-refractivity contribution in [3.63, 3.8) is 0 Å². The fourth-order valence-electron chi connectivity index (χ4n) is 8.09. The molecule has 0 bridgehead atoms. The summed E-state index contributed by atoms with van der Waals surface area (Å²) in [6, 6.07) is 16.2. The summed E-state index contributed by atoms with van der Waals surface area (Å²) in [5.74, 6) is -0.294. The molecule has 0 aliphatic carbocycles. The van der Waals surface area contributed by atoms with E-state index in [1.54, 1.807) is 61.0 Å². The van der Waals surface area contributed by atoms with Crippen LogP contribution in [0.3, 0.4) is 0 Å². The van der Waals surface area contributed by atoms with E-state index in [4.69, 9.17) is 9.47 Å². The second kappa shape index (κ2) is 24.4. The number of tetrazole rings is 2. The molecule has 2 aliphatic heterocycles. The van der Waals surface area contributed by atoms with Crippen LogP contribution in [0.1, 0.15) is 64.5 Å². The second-order valence-corrected chi connectivity index (χ2v) is 16.8. The van der Waals surface area contributed by atoms with Gasteiger partial charge in [-0.3, -0.25) is 19.2 Å². The lowest BCUT2D eigenvalue weighted by Crippen LogP contribution is -2.58. The smallest absolute Gasteiger partial charge is 0.248 e. The van der Waals surface area contributed by atoms with E-state index in [1.165, 1.54) is 0 Å². The minimum Gasteiger partial charge on any atom is -0.373 e. The first kappa shape index (κ1) is 49.3. The predicted molar refractivity (Wildman–Crippen MR) is 244 cm³/mol. The van der Waals surface area contributed by atoms with Crippen LogP contribution in [0.25, 0.3) is 0 Å². The Bertz CT molecular complexity index is 1990. The molecule has 4 aromatic rings. The van der Waals surface area contributed by atoms with Gasteiger partial charge in [0.05, 0.1) is 62.7 Å². The number of carbonyl (C=O) groups is 4. The van der Waals surface area contributed by atoms with Crippen molar-refractivity contribution in [1.29, 1.82) is 0 Å². The quantitative estimate of drug-likeness (QED) is 0.0497. The zero-order valence-electron chi connectivity index (χ0n) is 38.8. The topological polar surface area (TPSA) is 253 Å². The molecule has 2 aliphatic rings. The first-order valence-corrected chi connectivity index (χ1v) is 22.8. The standard InChI is InChI=1S/C44H66N16O6/c1-29(45-5)39(61)49-37(41(63)57-21-13-19-35(57)27-59-43(51-53-55-59)47-25-33-15-9-7-10-16-33)31(3)65-23-24-66-32(4)38(50-40(62)30(2)46-6)42(64)58-22-14-20-36(58)28-60-44(52-54-56-60)48-26-34-17-11-8-12-18-34/h7-12,15-18,29-32,35-38,45-46H,13-14,19-28H2,1-6H3,(H,49,61)(H,50,62)(H,47,51,55)(H,48,52,56)/t29-,30-,31+,32+,35-,36-,37-,38-/m0/s1. The average Bonchev–Trinajstić information content (AvgIpc) is 4.19. The number of benzene rings is 2. The van der Waals surface area contributed by atoms with Gasteiger partial charge in [0.2, 0.25) is 35.5 Å². The number of amides is 4. The molecule has 6 rings (SSSR count). The third-order valence-electron chi connectivity index (χ3n) is 12.3. The molecule has 358 valence electrons. The Kier molecular flexibility index (Phi) is 18.3. The Morgan fingerprint density at radius 3 is 1.39 bits per heavy atom. The highest BCUT2D eigenvalue weighted by Gasteiger charge is 2.40. The molecule has 0 unspecified atom stereocenters. The number of rotatable bonds is 25. The average molecular weight is 915 g/mol. The number of nitrogens with one attached hydrogen (secondary N) is 6. The number of hydrogen-bond donors (Lipinski definition) is 6. The molecule has 8 atom stereocenters. The maximum atomic E-state index is 14.4. The Hall–Kier alpha value is -6.10. The normalized spacial score (nSPS) is 18.8. The molecule has 2 fully saturated rings. The molecule has 2 saturated heterocycles. The Morgan fingerprint density at radius 1 is 0.621 bits per heavy atom. The van der Waals surface area contributed by atoms with Crippen LogP contribution in [0.15, 0.2) is 60.7 Å². The lowest BCUT2D eigenvalue weighted by molar-refractivity contribution is -0.144. The summed E-state index contributed by atoms with van der Waals surface area (Å²) in [5.41, 5.74) is 2.14. The van der Waals surface area contributed by atoms with Gasteiger partial charge in [-0.05, 0) is 99.5 Å². The summed E-state index contributed by atoms with van der Waals surface area (Å²) in [7, 11) is 3.34. The van der Waals surface area contributed by atoms with Gasteiger partial charge in [-0.1, -0.05) is 70.9 Å². The third-order valence-corrected chi connectivity index (χ3v) is 12.3. The molecular weight excluding hydrogens is 849 g/mol. The molecule has 22 nitrogen and oxygen atoms in total. The van der Waals surface area contributed by atoms with Gasteiger partial charge in [0.1, 0.15) is 12.1 Å². The molecule has 22 heteroatoms. The number of likely N-dealkylation sites (tertiary alicyclic amines) is 2. The van der Waals surface area contributed by atoms with Gasteiger partial charge in [-0.2, -0.15) is 0 Å². The van der Waals surface area contributed by atoms with Gasteiger partial charge in [0.15, 0.2) is 0 Å². The summed E-state index contributed by atoms with van der Waals surface area (Å²) >= 11 is 0.